The SMILES string of the molecule is NCc1cc(Br)ccc1Oc1nccn2nccc12. The van der Waals surface area contributed by atoms with Gasteiger partial charge in [0.2, 0.25) is 5.88 Å². The number of halogens is 1. The molecule has 2 heterocycles. The molecule has 96 valence electrons. The van der Waals surface area contributed by atoms with E-state index in [0.717, 1.165) is 15.6 Å². The van der Waals surface area contributed by atoms with E-state index in [-0.39, 0.29) is 0 Å². The van der Waals surface area contributed by atoms with Gasteiger partial charge in [-0.1, -0.05) is 15.9 Å². The molecule has 3 rings (SSSR count). The summed E-state index contributed by atoms with van der Waals surface area (Å²) in [7, 11) is 0. The zero-order chi connectivity index (χ0) is 13.2. The van der Waals surface area contributed by atoms with Gasteiger partial charge in [0.25, 0.3) is 0 Å². The van der Waals surface area contributed by atoms with Crippen LogP contribution >= 0.6 is 15.9 Å². The molecule has 0 radical (unpaired) electrons. The Morgan fingerprint density at radius 1 is 1.26 bits per heavy atom. The molecule has 1 aromatic carbocycles. The molecule has 5 nitrogen and oxygen atoms in total. The van der Waals surface area contributed by atoms with Gasteiger partial charge in [0, 0.05) is 29.0 Å². The molecule has 2 aromatic heterocycles. The lowest BCUT2D eigenvalue weighted by Crippen LogP contribution is -2.01. The lowest BCUT2D eigenvalue weighted by Gasteiger charge is -2.10. The highest BCUT2D eigenvalue weighted by Gasteiger charge is 2.09. The summed E-state index contributed by atoms with van der Waals surface area (Å²) in [6.45, 7) is 0.400. The van der Waals surface area contributed by atoms with Gasteiger partial charge >= 0.3 is 0 Å². The van der Waals surface area contributed by atoms with E-state index in [0.29, 0.717) is 18.2 Å². The fourth-order valence-electron chi connectivity index (χ4n) is 1.82. The molecule has 0 fully saturated rings. The third kappa shape index (κ3) is 2.32. The summed E-state index contributed by atoms with van der Waals surface area (Å²) < 4.78 is 8.53. The van der Waals surface area contributed by atoms with Crippen LogP contribution in [-0.2, 0) is 6.54 Å². The predicted molar refractivity (Wildman–Crippen MR) is 75.1 cm³/mol. The van der Waals surface area contributed by atoms with Crippen molar-refractivity contribution in [2.45, 2.75) is 6.54 Å². The molecule has 3 aromatic rings. The van der Waals surface area contributed by atoms with Gasteiger partial charge in [-0.25, -0.2) is 9.50 Å². The topological polar surface area (TPSA) is 65.4 Å². The lowest BCUT2D eigenvalue weighted by molar-refractivity contribution is 0.459. The average molecular weight is 319 g/mol. The van der Waals surface area contributed by atoms with Crippen molar-refractivity contribution in [2.75, 3.05) is 0 Å². The molecule has 0 unspecified atom stereocenters. The molecule has 0 aliphatic carbocycles. The molecule has 0 aliphatic rings. The van der Waals surface area contributed by atoms with Crippen LogP contribution in [0.15, 0.2) is 47.3 Å². The van der Waals surface area contributed by atoms with Crippen molar-refractivity contribution in [3.05, 3.63) is 52.9 Å². The van der Waals surface area contributed by atoms with Crippen molar-refractivity contribution < 1.29 is 4.74 Å². The Balaban J connectivity index is 2.03. The van der Waals surface area contributed by atoms with Crippen molar-refractivity contribution in [1.29, 1.82) is 0 Å². The van der Waals surface area contributed by atoms with Crippen LogP contribution < -0.4 is 10.5 Å². The maximum absolute atomic E-state index is 5.85. The number of hydrogen-bond acceptors (Lipinski definition) is 4. The van der Waals surface area contributed by atoms with Crippen LogP contribution in [-0.4, -0.2) is 14.6 Å². The van der Waals surface area contributed by atoms with Crippen LogP contribution in [0.2, 0.25) is 0 Å². The number of ether oxygens (including phenoxy) is 1. The smallest absolute Gasteiger partial charge is 0.245 e. The molecule has 19 heavy (non-hydrogen) atoms. The minimum absolute atomic E-state index is 0.400. The number of hydrogen-bond donors (Lipinski definition) is 1. The number of aromatic nitrogens is 3. The summed E-state index contributed by atoms with van der Waals surface area (Å²) in [5, 5.41) is 4.14. The first-order valence-corrected chi connectivity index (χ1v) is 6.52. The van der Waals surface area contributed by atoms with Crippen molar-refractivity contribution in [3.8, 4) is 11.6 Å². The lowest BCUT2D eigenvalue weighted by atomic mass is 10.2. The number of benzene rings is 1. The standard InChI is InChI=1S/C13H11BrN4O/c14-10-1-2-12(9(7-10)8-15)19-13-11-3-4-17-18(11)6-5-16-13/h1-7H,8,15H2. The molecule has 0 aliphatic heterocycles. The average Bonchev–Trinajstić information content (AvgIpc) is 2.90. The Hall–Kier alpha value is -1.92. The van der Waals surface area contributed by atoms with Gasteiger partial charge in [-0.15, -0.1) is 0 Å². The molecular formula is C13H11BrN4O. The summed E-state index contributed by atoms with van der Waals surface area (Å²) in [5.41, 5.74) is 7.45. The van der Waals surface area contributed by atoms with E-state index in [1.807, 2.05) is 24.3 Å². The zero-order valence-corrected chi connectivity index (χ0v) is 11.5. The molecule has 0 amide bonds. The molecule has 0 spiro atoms. The zero-order valence-electron chi connectivity index (χ0n) is 9.95. The first-order chi connectivity index (χ1) is 9.28. The van der Waals surface area contributed by atoms with E-state index < -0.39 is 0 Å². The van der Waals surface area contributed by atoms with Gasteiger partial charge in [-0.2, -0.15) is 5.10 Å². The Kier molecular flexibility index (Phi) is 3.18. The molecule has 6 heteroatoms. The van der Waals surface area contributed by atoms with E-state index in [9.17, 15) is 0 Å². The quantitative estimate of drug-likeness (QED) is 0.806. The first kappa shape index (κ1) is 12.1. The van der Waals surface area contributed by atoms with Crippen molar-refractivity contribution in [1.82, 2.24) is 14.6 Å². The maximum atomic E-state index is 5.85. The Morgan fingerprint density at radius 3 is 3.00 bits per heavy atom. The highest BCUT2D eigenvalue weighted by Crippen LogP contribution is 2.28. The van der Waals surface area contributed by atoms with Gasteiger partial charge < -0.3 is 10.5 Å². The van der Waals surface area contributed by atoms with E-state index in [2.05, 4.69) is 26.0 Å². The minimum atomic E-state index is 0.400. The molecule has 0 saturated heterocycles. The second-order valence-corrected chi connectivity index (χ2v) is 4.87. The normalized spacial score (nSPS) is 10.8. The van der Waals surface area contributed by atoms with Gasteiger partial charge in [0.15, 0.2) is 0 Å². The van der Waals surface area contributed by atoms with Crippen molar-refractivity contribution >= 4 is 21.4 Å². The fourth-order valence-corrected chi connectivity index (χ4v) is 2.23. The van der Waals surface area contributed by atoms with E-state index >= 15 is 0 Å². The Bertz CT molecular complexity index is 725. The number of nitrogens with two attached hydrogens (primary N) is 1. The fraction of sp³-hybridized carbons (Fsp3) is 0.0769. The Morgan fingerprint density at radius 2 is 2.16 bits per heavy atom. The number of nitrogens with zero attached hydrogens (tertiary/aromatic N) is 3. The second kappa shape index (κ2) is 4.99. The van der Waals surface area contributed by atoms with E-state index in [1.54, 1.807) is 23.1 Å². The summed E-state index contributed by atoms with van der Waals surface area (Å²) >= 11 is 3.42. The number of rotatable bonds is 3. The van der Waals surface area contributed by atoms with Gasteiger partial charge in [-0.05, 0) is 24.3 Å². The van der Waals surface area contributed by atoms with Crippen molar-refractivity contribution in [3.63, 3.8) is 0 Å². The molecular weight excluding hydrogens is 308 g/mol. The summed E-state index contributed by atoms with van der Waals surface area (Å²) in [4.78, 5) is 4.24. The van der Waals surface area contributed by atoms with Crippen LogP contribution in [0.1, 0.15) is 5.56 Å². The largest absolute Gasteiger partial charge is 0.437 e. The summed E-state index contributed by atoms with van der Waals surface area (Å²) in [5.74, 6) is 1.21. The molecule has 2 N–H and O–H groups in total. The second-order valence-electron chi connectivity index (χ2n) is 3.95. The number of fused-ring (bicyclic) bond motifs is 1. The first-order valence-electron chi connectivity index (χ1n) is 5.72. The maximum Gasteiger partial charge on any atom is 0.245 e. The monoisotopic (exact) mass is 318 g/mol. The third-order valence-corrected chi connectivity index (χ3v) is 3.23. The van der Waals surface area contributed by atoms with E-state index in [1.165, 1.54) is 0 Å². The molecule has 0 atom stereocenters. The van der Waals surface area contributed by atoms with Gasteiger partial charge in [0.05, 0.1) is 6.20 Å². The van der Waals surface area contributed by atoms with E-state index in [4.69, 9.17) is 10.5 Å². The summed E-state index contributed by atoms with van der Waals surface area (Å²) in [6, 6.07) is 7.56. The third-order valence-electron chi connectivity index (χ3n) is 2.74. The highest BCUT2D eigenvalue weighted by molar-refractivity contribution is 9.10. The van der Waals surface area contributed by atoms with Gasteiger partial charge in [-0.3, -0.25) is 0 Å². The highest BCUT2D eigenvalue weighted by atomic mass is 79.9. The Labute approximate surface area is 118 Å². The van der Waals surface area contributed by atoms with Crippen LogP contribution in [0.4, 0.5) is 0 Å². The van der Waals surface area contributed by atoms with Gasteiger partial charge in [0.1, 0.15) is 11.3 Å². The predicted octanol–water partition coefficient (Wildman–Crippen LogP) is 2.74. The molecule has 0 bridgehead atoms. The molecule has 0 saturated carbocycles. The van der Waals surface area contributed by atoms with Crippen LogP contribution in [0.25, 0.3) is 5.52 Å². The summed E-state index contributed by atoms with van der Waals surface area (Å²) in [6.07, 6.45) is 5.12. The van der Waals surface area contributed by atoms with Crippen LogP contribution in [0, 0.1) is 0 Å². The minimum Gasteiger partial charge on any atom is -0.437 e. The van der Waals surface area contributed by atoms with Crippen LogP contribution in [0.5, 0.6) is 11.6 Å². The van der Waals surface area contributed by atoms with Crippen LogP contribution in [0.3, 0.4) is 0 Å². The van der Waals surface area contributed by atoms with Crippen molar-refractivity contribution in [2.24, 2.45) is 5.73 Å².